The molecule has 1 N–H and O–H groups in total. The molecule has 3 rings (SSSR count). The third-order valence-electron chi connectivity index (χ3n) is 3.73. The van der Waals surface area contributed by atoms with Gasteiger partial charge in [-0.15, -0.1) is 10.2 Å². The zero-order valence-electron chi connectivity index (χ0n) is 14.4. The van der Waals surface area contributed by atoms with Gasteiger partial charge < -0.3 is 10.1 Å². The fourth-order valence-corrected chi connectivity index (χ4v) is 3.21. The minimum Gasteiger partial charge on any atom is -0.496 e. The summed E-state index contributed by atoms with van der Waals surface area (Å²) >= 11 is 1.30. The number of carbonyl (C=O) groups is 2. The molecule has 0 atom stereocenters. The molecule has 0 bridgehead atoms. The molecule has 0 spiro atoms. The number of aromatic nitrogens is 2. The van der Waals surface area contributed by atoms with Crippen LogP contribution in [0.2, 0.25) is 0 Å². The number of nitrogens with zero attached hydrogens (tertiary/aromatic N) is 2. The number of methoxy groups -OCH3 is 1. The number of rotatable bonds is 6. The molecule has 1 aromatic heterocycles. The van der Waals surface area contributed by atoms with Gasteiger partial charge in [0.1, 0.15) is 10.8 Å². The number of benzene rings is 2. The highest BCUT2D eigenvalue weighted by Crippen LogP contribution is 2.26. The van der Waals surface area contributed by atoms with Gasteiger partial charge >= 0.3 is 0 Å². The van der Waals surface area contributed by atoms with Crippen molar-refractivity contribution in [3.8, 4) is 16.3 Å². The summed E-state index contributed by atoms with van der Waals surface area (Å²) in [5.74, 6) is 0.248. The molecule has 0 aliphatic carbocycles. The highest BCUT2D eigenvalue weighted by atomic mass is 32.1. The number of hydrogen-bond donors (Lipinski definition) is 1. The van der Waals surface area contributed by atoms with E-state index in [1.807, 2.05) is 30.3 Å². The Balaban J connectivity index is 1.73. The smallest absolute Gasteiger partial charge is 0.230 e. The zero-order valence-corrected chi connectivity index (χ0v) is 15.2. The van der Waals surface area contributed by atoms with E-state index in [4.69, 9.17) is 4.74 Å². The summed E-state index contributed by atoms with van der Waals surface area (Å²) < 4.78 is 5.28. The van der Waals surface area contributed by atoms with Crippen molar-refractivity contribution in [3.63, 3.8) is 0 Å². The first-order chi connectivity index (χ1) is 12.6. The maximum absolute atomic E-state index is 12.4. The van der Waals surface area contributed by atoms with Gasteiger partial charge in [-0.25, -0.2) is 0 Å². The SMILES string of the molecule is COc1ccc(C(C)=O)cc1CC(=O)Nc1nnc(-c2ccccc2)s1. The first-order valence-electron chi connectivity index (χ1n) is 7.93. The average Bonchev–Trinajstić information content (AvgIpc) is 3.10. The van der Waals surface area contributed by atoms with Crippen LogP contribution in [0.5, 0.6) is 5.75 Å². The van der Waals surface area contributed by atoms with E-state index in [9.17, 15) is 9.59 Å². The molecule has 3 aromatic rings. The maximum atomic E-state index is 12.4. The van der Waals surface area contributed by atoms with Gasteiger partial charge in [-0.2, -0.15) is 0 Å². The second kappa shape index (κ2) is 7.88. The van der Waals surface area contributed by atoms with Crippen molar-refractivity contribution in [2.75, 3.05) is 12.4 Å². The minimum atomic E-state index is -0.250. The van der Waals surface area contributed by atoms with E-state index in [1.165, 1.54) is 25.4 Å². The number of Topliss-reactive ketones (excluding diaryl/α,β-unsaturated/α-hetero) is 1. The lowest BCUT2D eigenvalue weighted by molar-refractivity contribution is -0.115. The fraction of sp³-hybridized carbons (Fsp3) is 0.158. The van der Waals surface area contributed by atoms with Gasteiger partial charge in [-0.05, 0) is 25.1 Å². The van der Waals surface area contributed by atoms with Crippen molar-refractivity contribution in [2.24, 2.45) is 0 Å². The molecule has 0 saturated carbocycles. The Morgan fingerprint density at radius 2 is 1.88 bits per heavy atom. The number of hydrogen-bond acceptors (Lipinski definition) is 6. The normalized spacial score (nSPS) is 10.4. The van der Waals surface area contributed by atoms with Crippen LogP contribution in [0.1, 0.15) is 22.8 Å². The summed E-state index contributed by atoms with van der Waals surface area (Å²) in [6.45, 7) is 1.48. The summed E-state index contributed by atoms with van der Waals surface area (Å²) in [5, 5.41) is 12.0. The Kier molecular flexibility index (Phi) is 5.38. The van der Waals surface area contributed by atoms with E-state index in [1.54, 1.807) is 18.2 Å². The number of ether oxygens (including phenoxy) is 1. The molecule has 26 heavy (non-hydrogen) atoms. The van der Waals surface area contributed by atoms with Gasteiger partial charge in [-0.1, -0.05) is 41.7 Å². The van der Waals surface area contributed by atoms with Crippen molar-refractivity contribution in [1.82, 2.24) is 10.2 Å². The summed E-state index contributed by atoms with van der Waals surface area (Å²) in [5.41, 5.74) is 2.13. The lowest BCUT2D eigenvalue weighted by atomic mass is 10.0. The molecule has 0 fully saturated rings. The van der Waals surface area contributed by atoms with Gasteiger partial charge in [0.05, 0.1) is 13.5 Å². The van der Waals surface area contributed by atoms with Crippen molar-refractivity contribution in [3.05, 3.63) is 59.7 Å². The van der Waals surface area contributed by atoms with Crippen LogP contribution in [-0.2, 0) is 11.2 Å². The van der Waals surface area contributed by atoms with E-state index in [-0.39, 0.29) is 18.1 Å². The Hall–Kier alpha value is -3.06. The van der Waals surface area contributed by atoms with Crippen LogP contribution in [0.4, 0.5) is 5.13 Å². The van der Waals surface area contributed by atoms with Crippen molar-refractivity contribution < 1.29 is 14.3 Å². The van der Waals surface area contributed by atoms with Crippen LogP contribution >= 0.6 is 11.3 Å². The molecule has 0 aliphatic rings. The fourth-order valence-electron chi connectivity index (χ4n) is 2.44. The molecule has 6 nitrogen and oxygen atoms in total. The molecule has 2 aromatic carbocycles. The van der Waals surface area contributed by atoms with Crippen LogP contribution in [0.15, 0.2) is 48.5 Å². The van der Waals surface area contributed by atoms with Crippen LogP contribution < -0.4 is 10.1 Å². The third-order valence-corrected chi connectivity index (χ3v) is 4.62. The molecule has 0 radical (unpaired) electrons. The largest absolute Gasteiger partial charge is 0.496 e. The minimum absolute atomic E-state index is 0.0639. The molecular formula is C19H17N3O3S. The molecule has 1 amide bonds. The van der Waals surface area contributed by atoms with Crippen molar-refractivity contribution >= 4 is 28.2 Å². The third kappa shape index (κ3) is 4.12. The number of ketones is 1. The van der Waals surface area contributed by atoms with Gasteiger partial charge in [-0.3, -0.25) is 9.59 Å². The van der Waals surface area contributed by atoms with Crippen LogP contribution in [0.3, 0.4) is 0 Å². The van der Waals surface area contributed by atoms with Crippen LogP contribution in [0, 0.1) is 0 Å². The Labute approximate surface area is 154 Å². The van der Waals surface area contributed by atoms with E-state index in [0.717, 1.165) is 10.6 Å². The number of carbonyl (C=O) groups excluding carboxylic acids is 2. The summed E-state index contributed by atoms with van der Waals surface area (Å²) in [4.78, 5) is 23.9. The van der Waals surface area contributed by atoms with E-state index < -0.39 is 0 Å². The highest BCUT2D eigenvalue weighted by Gasteiger charge is 2.14. The Morgan fingerprint density at radius 3 is 2.58 bits per heavy atom. The van der Waals surface area contributed by atoms with Crippen molar-refractivity contribution in [1.29, 1.82) is 0 Å². The maximum Gasteiger partial charge on any atom is 0.230 e. The van der Waals surface area contributed by atoms with E-state index in [2.05, 4.69) is 15.5 Å². The highest BCUT2D eigenvalue weighted by molar-refractivity contribution is 7.18. The Morgan fingerprint density at radius 1 is 1.12 bits per heavy atom. The van der Waals surface area contributed by atoms with Crippen LogP contribution in [0.25, 0.3) is 10.6 Å². The summed E-state index contributed by atoms with van der Waals surface area (Å²) in [7, 11) is 1.53. The second-order valence-corrected chi connectivity index (χ2v) is 6.56. The van der Waals surface area contributed by atoms with Crippen LogP contribution in [-0.4, -0.2) is 29.0 Å². The first-order valence-corrected chi connectivity index (χ1v) is 8.75. The number of amides is 1. The molecule has 0 unspecified atom stereocenters. The van der Waals surface area contributed by atoms with E-state index >= 15 is 0 Å². The van der Waals surface area contributed by atoms with Gasteiger partial charge in [0.2, 0.25) is 11.0 Å². The molecule has 0 aliphatic heterocycles. The zero-order chi connectivity index (χ0) is 18.5. The lowest BCUT2D eigenvalue weighted by Gasteiger charge is -2.09. The van der Waals surface area contributed by atoms with E-state index in [0.29, 0.717) is 22.0 Å². The number of anilines is 1. The van der Waals surface area contributed by atoms with Gasteiger partial charge in [0.15, 0.2) is 5.78 Å². The average molecular weight is 367 g/mol. The second-order valence-electron chi connectivity index (χ2n) is 5.59. The lowest BCUT2D eigenvalue weighted by Crippen LogP contribution is -2.15. The van der Waals surface area contributed by atoms with Crippen molar-refractivity contribution in [2.45, 2.75) is 13.3 Å². The predicted molar refractivity (Wildman–Crippen MR) is 101 cm³/mol. The predicted octanol–water partition coefficient (Wildman–Crippen LogP) is 3.60. The first kappa shape index (κ1) is 17.8. The molecule has 1 heterocycles. The standard InChI is InChI=1S/C19H17N3O3S/c1-12(23)14-8-9-16(25-2)15(10-14)11-17(24)20-19-22-21-18(26-19)13-6-4-3-5-7-13/h3-10H,11H2,1-2H3,(H,20,22,24). The molecular weight excluding hydrogens is 350 g/mol. The Bertz CT molecular complexity index is 938. The molecule has 132 valence electrons. The topological polar surface area (TPSA) is 81.2 Å². The molecule has 7 heteroatoms. The summed E-state index contributed by atoms with van der Waals surface area (Å²) in [6.07, 6.45) is 0.0740. The number of nitrogens with one attached hydrogen (secondary N) is 1. The molecule has 0 saturated heterocycles. The monoisotopic (exact) mass is 367 g/mol. The van der Waals surface area contributed by atoms with Gasteiger partial charge in [0.25, 0.3) is 0 Å². The van der Waals surface area contributed by atoms with Gasteiger partial charge in [0, 0.05) is 16.7 Å². The summed E-state index contributed by atoms with van der Waals surface area (Å²) in [6, 6.07) is 14.7. The quantitative estimate of drug-likeness (QED) is 0.673.